The highest BCUT2D eigenvalue weighted by molar-refractivity contribution is 5.07. The highest BCUT2D eigenvalue weighted by Crippen LogP contribution is 2.24. The van der Waals surface area contributed by atoms with E-state index in [9.17, 15) is 5.26 Å². The van der Waals surface area contributed by atoms with Crippen molar-refractivity contribution in [1.29, 1.82) is 5.26 Å². The lowest BCUT2D eigenvalue weighted by Gasteiger charge is -2.28. The summed E-state index contributed by atoms with van der Waals surface area (Å²) in [6.45, 7) is 6.09. The van der Waals surface area contributed by atoms with Crippen LogP contribution in [-0.4, -0.2) is 49.8 Å². The summed E-state index contributed by atoms with van der Waals surface area (Å²) in [5, 5.41) is 12.8. The quantitative estimate of drug-likeness (QED) is 0.739. The Kier molecular flexibility index (Phi) is 5.83. The zero-order valence-corrected chi connectivity index (χ0v) is 13.0. The van der Waals surface area contributed by atoms with Crippen LogP contribution in [0.5, 0.6) is 0 Å². The van der Waals surface area contributed by atoms with Gasteiger partial charge in [-0.25, -0.2) is 0 Å². The monoisotopic (exact) mass is 279 g/mol. The maximum absolute atomic E-state index is 9.35. The summed E-state index contributed by atoms with van der Waals surface area (Å²) in [7, 11) is 2.19. The highest BCUT2D eigenvalue weighted by atomic mass is 16.5. The van der Waals surface area contributed by atoms with Crippen molar-refractivity contribution in [2.24, 2.45) is 5.92 Å². The van der Waals surface area contributed by atoms with E-state index in [2.05, 4.69) is 23.3 Å². The van der Waals surface area contributed by atoms with E-state index in [1.807, 2.05) is 6.92 Å². The standard InChI is InChI=1S/C16H29N3O/c1-16(13-17,18-15-6-7-15)8-4-9-19(2)11-14-5-3-10-20-12-14/h14-15,18H,3-12H2,1-2H3. The van der Waals surface area contributed by atoms with Gasteiger partial charge in [-0.15, -0.1) is 0 Å². The van der Waals surface area contributed by atoms with Gasteiger partial charge in [-0.1, -0.05) is 0 Å². The molecular weight excluding hydrogens is 250 g/mol. The minimum atomic E-state index is -0.337. The fourth-order valence-corrected chi connectivity index (χ4v) is 3.02. The van der Waals surface area contributed by atoms with Crippen LogP contribution in [0.4, 0.5) is 0 Å². The van der Waals surface area contributed by atoms with Gasteiger partial charge >= 0.3 is 0 Å². The van der Waals surface area contributed by atoms with E-state index in [1.165, 1.54) is 25.7 Å². The van der Waals surface area contributed by atoms with Crippen LogP contribution in [0.2, 0.25) is 0 Å². The van der Waals surface area contributed by atoms with Crippen LogP contribution >= 0.6 is 0 Å². The van der Waals surface area contributed by atoms with Crippen molar-refractivity contribution < 1.29 is 4.74 Å². The van der Waals surface area contributed by atoms with Crippen LogP contribution in [0.1, 0.15) is 45.4 Å². The van der Waals surface area contributed by atoms with Crippen LogP contribution in [0.25, 0.3) is 0 Å². The van der Waals surface area contributed by atoms with Crippen molar-refractivity contribution in [3.8, 4) is 6.07 Å². The molecule has 2 unspecified atom stereocenters. The first-order chi connectivity index (χ1) is 9.61. The Bertz CT molecular complexity index is 331. The molecule has 0 aromatic heterocycles. The Morgan fingerprint density at radius 1 is 1.40 bits per heavy atom. The highest BCUT2D eigenvalue weighted by Gasteiger charge is 2.32. The van der Waals surface area contributed by atoms with Crippen LogP contribution in [0.3, 0.4) is 0 Å². The van der Waals surface area contributed by atoms with Crippen LogP contribution in [0.15, 0.2) is 0 Å². The average molecular weight is 279 g/mol. The van der Waals surface area contributed by atoms with Crippen molar-refractivity contribution >= 4 is 0 Å². The number of rotatable bonds is 8. The summed E-state index contributed by atoms with van der Waals surface area (Å²) in [4.78, 5) is 2.40. The SMILES string of the molecule is CN(CCCC(C)(C#N)NC1CC1)CC1CCCOC1. The van der Waals surface area contributed by atoms with E-state index in [0.717, 1.165) is 39.1 Å². The van der Waals surface area contributed by atoms with E-state index in [4.69, 9.17) is 4.74 Å². The lowest BCUT2D eigenvalue weighted by atomic mass is 9.97. The molecule has 1 saturated carbocycles. The molecule has 0 aromatic rings. The molecule has 2 atom stereocenters. The van der Waals surface area contributed by atoms with E-state index in [0.29, 0.717) is 12.0 Å². The summed E-state index contributed by atoms with van der Waals surface area (Å²) < 4.78 is 5.53. The molecule has 2 rings (SSSR count). The number of hydrogen-bond donors (Lipinski definition) is 1. The van der Waals surface area contributed by atoms with Crippen molar-refractivity contribution in [3.05, 3.63) is 0 Å². The Morgan fingerprint density at radius 3 is 2.80 bits per heavy atom. The molecule has 4 heteroatoms. The molecule has 0 radical (unpaired) electrons. The Balaban J connectivity index is 1.62. The Morgan fingerprint density at radius 2 is 2.20 bits per heavy atom. The van der Waals surface area contributed by atoms with Gasteiger partial charge in [0.05, 0.1) is 12.7 Å². The molecule has 0 spiro atoms. The van der Waals surface area contributed by atoms with E-state index < -0.39 is 0 Å². The van der Waals surface area contributed by atoms with Gasteiger partial charge in [-0.3, -0.25) is 5.32 Å². The third-order valence-electron chi connectivity index (χ3n) is 4.39. The van der Waals surface area contributed by atoms with Crippen LogP contribution in [0, 0.1) is 17.2 Å². The van der Waals surface area contributed by atoms with E-state index in [1.54, 1.807) is 0 Å². The third kappa shape index (κ3) is 5.40. The lowest BCUT2D eigenvalue weighted by Crippen LogP contribution is -2.43. The predicted octanol–water partition coefficient (Wildman–Crippen LogP) is 2.16. The van der Waals surface area contributed by atoms with Gasteiger partial charge in [-0.2, -0.15) is 5.26 Å². The number of nitriles is 1. The number of nitrogens with one attached hydrogen (secondary N) is 1. The predicted molar refractivity (Wildman–Crippen MR) is 80.4 cm³/mol. The van der Waals surface area contributed by atoms with Gasteiger partial charge < -0.3 is 9.64 Å². The molecule has 2 aliphatic rings. The first-order valence-electron chi connectivity index (χ1n) is 8.06. The molecule has 1 heterocycles. The normalized spacial score (nSPS) is 26.2. The van der Waals surface area contributed by atoms with Crippen molar-refractivity contribution in [2.45, 2.75) is 57.0 Å². The molecule has 1 aliphatic heterocycles. The average Bonchev–Trinajstić information content (AvgIpc) is 3.23. The summed E-state index contributed by atoms with van der Waals surface area (Å²) >= 11 is 0. The van der Waals surface area contributed by atoms with Gasteiger partial charge in [-0.05, 0) is 65.0 Å². The Hall–Kier alpha value is -0.630. The van der Waals surface area contributed by atoms with Crippen molar-refractivity contribution in [3.63, 3.8) is 0 Å². The molecule has 114 valence electrons. The minimum Gasteiger partial charge on any atom is -0.381 e. The second-order valence-corrected chi connectivity index (χ2v) is 6.81. The molecule has 1 N–H and O–H groups in total. The first-order valence-corrected chi connectivity index (χ1v) is 8.06. The summed E-state index contributed by atoms with van der Waals surface area (Å²) in [5.74, 6) is 0.695. The second-order valence-electron chi connectivity index (χ2n) is 6.81. The Labute approximate surface area is 123 Å². The maximum Gasteiger partial charge on any atom is 0.104 e. The number of ether oxygens (including phenoxy) is 1. The fourth-order valence-electron chi connectivity index (χ4n) is 3.02. The summed E-state index contributed by atoms with van der Waals surface area (Å²) in [5.41, 5.74) is -0.337. The smallest absolute Gasteiger partial charge is 0.104 e. The molecular formula is C16H29N3O. The second kappa shape index (κ2) is 7.40. The third-order valence-corrected chi connectivity index (χ3v) is 4.39. The molecule has 1 aliphatic carbocycles. The molecule has 20 heavy (non-hydrogen) atoms. The van der Waals surface area contributed by atoms with Crippen LogP contribution < -0.4 is 5.32 Å². The van der Waals surface area contributed by atoms with Crippen molar-refractivity contribution in [1.82, 2.24) is 10.2 Å². The maximum atomic E-state index is 9.35. The zero-order chi connectivity index (χ0) is 14.4. The first kappa shape index (κ1) is 15.8. The lowest BCUT2D eigenvalue weighted by molar-refractivity contribution is 0.0417. The largest absolute Gasteiger partial charge is 0.381 e. The number of nitrogens with zero attached hydrogens (tertiary/aromatic N) is 2. The van der Waals surface area contributed by atoms with E-state index >= 15 is 0 Å². The van der Waals surface area contributed by atoms with Gasteiger partial charge in [0.25, 0.3) is 0 Å². The van der Waals surface area contributed by atoms with E-state index in [-0.39, 0.29) is 5.54 Å². The molecule has 0 aromatic carbocycles. The molecule has 0 amide bonds. The summed E-state index contributed by atoms with van der Waals surface area (Å²) in [6.07, 6.45) is 6.98. The topological polar surface area (TPSA) is 48.3 Å². The molecule has 1 saturated heterocycles. The fraction of sp³-hybridized carbons (Fsp3) is 0.938. The van der Waals surface area contributed by atoms with Gasteiger partial charge in [0.15, 0.2) is 0 Å². The van der Waals surface area contributed by atoms with Crippen molar-refractivity contribution in [2.75, 3.05) is 33.4 Å². The molecule has 2 fully saturated rings. The van der Waals surface area contributed by atoms with Gasteiger partial charge in [0, 0.05) is 19.2 Å². The van der Waals surface area contributed by atoms with Gasteiger partial charge in [0.1, 0.15) is 5.54 Å². The number of hydrogen-bond acceptors (Lipinski definition) is 4. The van der Waals surface area contributed by atoms with Gasteiger partial charge in [0.2, 0.25) is 0 Å². The molecule has 4 nitrogen and oxygen atoms in total. The molecule has 0 bridgehead atoms. The van der Waals surface area contributed by atoms with Crippen LogP contribution in [-0.2, 0) is 4.74 Å². The summed E-state index contributed by atoms with van der Waals surface area (Å²) in [6, 6.07) is 3.05. The zero-order valence-electron chi connectivity index (χ0n) is 13.0. The minimum absolute atomic E-state index is 0.337.